The first-order chi connectivity index (χ1) is 12.8. The number of carbonyl (C=O) groups excluding carboxylic acids is 1. The van der Waals surface area contributed by atoms with Gasteiger partial charge in [0.05, 0.1) is 0 Å². The first-order valence-electron chi connectivity index (χ1n) is 9.46. The van der Waals surface area contributed by atoms with Crippen molar-refractivity contribution in [2.45, 2.75) is 47.0 Å². The highest BCUT2D eigenvalue weighted by Crippen LogP contribution is 2.36. The average Bonchev–Trinajstić information content (AvgIpc) is 2.61. The number of hydrogen-bond acceptors (Lipinski definition) is 3. The maximum absolute atomic E-state index is 13.3. The molecule has 1 aliphatic carbocycles. The van der Waals surface area contributed by atoms with Crippen LogP contribution in [0.2, 0.25) is 0 Å². The van der Waals surface area contributed by atoms with Crippen LogP contribution >= 0.6 is 0 Å². The van der Waals surface area contributed by atoms with Gasteiger partial charge in [-0.15, -0.1) is 0 Å². The third kappa shape index (κ3) is 3.68. The van der Waals surface area contributed by atoms with Gasteiger partial charge in [-0.3, -0.25) is 4.79 Å². The Labute approximate surface area is 161 Å². The maximum Gasteiger partial charge on any atom is 0.185 e. The van der Waals surface area contributed by atoms with Gasteiger partial charge in [-0.25, -0.2) is 0 Å². The van der Waals surface area contributed by atoms with Crippen molar-refractivity contribution in [3.63, 3.8) is 0 Å². The van der Waals surface area contributed by atoms with Crippen LogP contribution in [0.4, 0.5) is 11.4 Å². The number of hydrogen-bond donors (Lipinski definition) is 2. The van der Waals surface area contributed by atoms with Crippen LogP contribution in [0.5, 0.6) is 0 Å². The van der Waals surface area contributed by atoms with Crippen molar-refractivity contribution in [1.82, 2.24) is 0 Å². The number of ketones is 1. The highest BCUT2D eigenvalue weighted by Gasteiger charge is 2.25. The van der Waals surface area contributed by atoms with Crippen LogP contribution in [-0.4, -0.2) is 5.78 Å². The summed E-state index contributed by atoms with van der Waals surface area (Å²) in [7, 11) is 0. The molecule has 0 saturated heterocycles. The molecule has 1 fully saturated rings. The van der Waals surface area contributed by atoms with Crippen LogP contribution in [0, 0.1) is 13.8 Å². The molecule has 3 heteroatoms. The van der Waals surface area contributed by atoms with Gasteiger partial charge in [0.1, 0.15) is 0 Å². The number of allylic oxidation sites excluding steroid dienone is 4. The number of anilines is 2. The minimum absolute atomic E-state index is 0.184. The van der Waals surface area contributed by atoms with Crippen molar-refractivity contribution >= 4 is 28.3 Å². The molecule has 2 aromatic carbocycles. The van der Waals surface area contributed by atoms with Gasteiger partial charge >= 0.3 is 0 Å². The van der Waals surface area contributed by atoms with Crippen molar-refractivity contribution in [1.29, 1.82) is 0 Å². The fourth-order valence-corrected chi connectivity index (χ4v) is 4.11. The summed E-state index contributed by atoms with van der Waals surface area (Å²) < 4.78 is 0. The molecule has 0 aromatic heterocycles. The zero-order chi connectivity index (χ0) is 19.7. The lowest BCUT2D eigenvalue weighted by Crippen LogP contribution is -2.15. The lowest BCUT2D eigenvalue weighted by molar-refractivity contribution is -0.112. The van der Waals surface area contributed by atoms with E-state index in [2.05, 4.69) is 13.8 Å². The topological polar surface area (TPSA) is 69.1 Å². The van der Waals surface area contributed by atoms with Crippen LogP contribution in [0.1, 0.15) is 55.4 Å². The Kier molecular flexibility index (Phi) is 5.22. The zero-order valence-electron chi connectivity index (χ0n) is 16.6. The van der Waals surface area contributed by atoms with E-state index in [-0.39, 0.29) is 5.78 Å². The Hall–Kier alpha value is -2.81. The summed E-state index contributed by atoms with van der Waals surface area (Å²) >= 11 is 0. The molecule has 4 N–H and O–H groups in total. The average molecular weight is 361 g/mol. The van der Waals surface area contributed by atoms with Crippen molar-refractivity contribution in [3.8, 4) is 0 Å². The molecule has 3 rings (SSSR count). The predicted octanol–water partition coefficient (Wildman–Crippen LogP) is 5.47. The highest BCUT2D eigenvalue weighted by molar-refractivity contribution is 6.17. The number of carbonyl (C=O) groups is 1. The normalized spacial score (nSPS) is 18.4. The molecule has 2 aromatic rings. The molecule has 1 saturated carbocycles. The van der Waals surface area contributed by atoms with Crippen LogP contribution in [0.15, 0.2) is 47.5 Å². The molecule has 1 aliphatic rings. The number of nitrogen functional groups attached to an aromatic ring is 2. The van der Waals surface area contributed by atoms with Gasteiger partial charge in [0.2, 0.25) is 0 Å². The first kappa shape index (κ1) is 19.0. The summed E-state index contributed by atoms with van der Waals surface area (Å²) in [6, 6.07) is 11.8. The first-order valence-corrected chi connectivity index (χ1v) is 9.46. The van der Waals surface area contributed by atoms with E-state index >= 15 is 0 Å². The molecule has 0 heterocycles. The molecule has 0 unspecified atom stereocenters. The summed E-state index contributed by atoms with van der Waals surface area (Å²) in [4.78, 5) is 13.3. The van der Waals surface area contributed by atoms with Gasteiger partial charge in [-0.2, -0.15) is 0 Å². The van der Waals surface area contributed by atoms with E-state index in [1.165, 1.54) is 0 Å². The summed E-state index contributed by atoms with van der Waals surface area (Å²) in [5, 5.41) is 0. The Morgan fingerprint density at radius 3 is 1.56 bits per heavy atom. The monoisotopic (exact) mass is 360 g/mol. The fourth-order valence-electron chi connectivity index (χ4n) is 4.11. The van der Waals surface area contributed by atoms with Gasteiger partial charge in [0.25, 0.3) is 0 Å². The van der Waals surface area contributed by atoms with Crippen LogP contribution < -0.4 is 11.5 Å². The van der Waals surface area contributed by atoms with Gasteiger partial charge < -0.3 is 11.5 Å². The van der Waals surface area contributed by atoms with Crippen LogP contribution in [0.3, 0.4) is 0 Å². The standard InChI is InChI=1S/C24H28N2O/c1-14-12-18(25)8-10-20(14)16(3)22-6-5-7-23(24(22)27)17(4)21-11-9-19(26)13-15(21)2/h8-13H,5-7,25-26H2,1-4H3. The maximum atomic E-state index is 13.3. The molecule has 27 heavy (non-hydrogen) atoms. The van der Waals surface area contributed by atoms with Gasteiger partial charge in [0, 0.05) is 22.5 Å². The van der Waals surface area contributed by atoms with Crippen LogP contribution in [-0.2, 0) is 4.79 Å². The molecule has 0 amide bonds. The van der Waals surface area contributed by atoms with Gasteiger partial charge in [-0.05, 0) is 105 Å². The van der Waals surface area contributed by atoms with Gasteiger partial charge in [-0.1, -0.05) is 12.1 Å². The van der Waals surface area contributed by atoms with E-state index < -0.39 is 0 Å². The van der Waals surface area contributed by atoms with E-state index in [0.29, 0.717) is 0 Å². The molecule has 0 bridgehead atoms. The Bertz CT molecular complexity index is 902. The Balaban J connectivity index is 2.07. The van der Waals surface area contributed by atoms with E-state index in [0.717, 1.165) is 75.2 Å². The predicted molar refractivity (Wildman–Crippen MR) is 115 cm³/mol. The van der Waals surface area contributed by atoms with Crippen molar-refractivity contribution in [2.24, 2.45) is 0 Å². The number of aryl methyl sites for hydroxylation is 2. The molecule has 140 valence electrons. The van der Waals surface area contributed by atoms with E-state index in [1.54, 1.807) is 0 Å². The molecule has 0 radical (unpaired) electrons. The number of rotatable bonds is 2. The van der Waals surface area contributed by atoms with Gasteiger partial charge in [0.15, 0.2) is 5.78 Å². The highest BCUT2D eigenvalue weighted by atomic mass is 16.1. The molecular weight excluding hydrogens is 332 g/mol. The minimum Gasteiger partial charge on any atom is -0.399 e. The van der Waals surface area contributed by atoms with Crippen molar-refractivity contribution in [2.75, 3.05) is 11.5 Å². The lowest BCUT2D eigenvalue weighted by atomic mass is 9.80. The number of nitrogens with two attached hydrogens (primary N) is 2. The summed E-state index contributed by atoms with van der Waals surface area (Å²) in [6.07, 6.45) is 2.64. The smallest absolute Gasteiger partial charge is 0.185 e. The third-order valence-electron chi connectivity index (χ3n) is 5.62. The second-order valence-electron chi connectivity index (χ2n) is 7.54. The molecular formula is C24H28N2O. The van der Waals surface area contributed by atoms with E-state index in [1.807, 2.05) is 50.2 Å². The SMILES string of the molecule is CC(=C1CCCC(=C(C)c2ccc(N)cc2C)C1=O)c1ccc(N)cc1C. The summed E-state index contributed by atoms with van der Waals surface area (Å²) in [5.41, 5.74) is 21.7. The minimum atomic E-state index is 0.184. The summed E-state index contributed by atoms with van der Waals surface area (Å²) in [6.45, 7) is 8.20. The molecule has 3 nitrogen and oxygen atoms in total. The third-order valence-corrected chi connectivity index (χ3v) is 5.62. The lowest BCUT2D eigenvalue weighted by Gasteiger charge is -2.22. The van der Waals surface area contributed by atoms with Crippen molar-refractivity contribution < 1.29 is 4.79 Å². The Morgan fingerprint density at radius 2 is 1.19 bits per heavy atom. The second kappa shape index (κ2) is 7.43. The molecule has 0 spiro atoms. The second-order valence-corrected chi connectivity index (χ2v) is 7.54. The molecule has 0 aliphatic heterocycles. The van der Waals surface area contributed by atoms with E-state index in [9.17, 15) is 4.79 Å². The fraction of sp³-hybridized carbons (Fsp3) is 0.292. The Morgan fingerprint density at radius 1 is 0.778 bits per heavy atom. The quantitative estimate of drug-likeness (QED) is 0.551. The van der Waals surface area contributed by atoms with Crippen LogP contribution in [0.25, 0.3) is 11.1 Å². The largest absolute Gasteiger partial charge is 0.399 e. The van der Waals surface area contributed by atoms with E-state index in [4.69, 9.17) is 11.5 Å². The number of benzene rings is 2. The molecule has 0 atom stereocenters. The number of Topliss-reactive ketones (excluding diaryl/α,β-unsaturated/α-hetero) is 1. The zero-order valence-corrected chi connectivity index (χ0v) is 16.6. The van der Waals surface area contributed by atoms with Crippen molar-refractivity contribution in [3.05, 3.63) is 69.8 Å². The summed E-state index contributed by atoms with van der Waals surface area (Å²) in [5.74, 6) is 0.184.